The SMILES string of the molecule is CC(C)(C)[SH]=C(O)N1CC(=O)c2c([nH]c(-c3ccnc(NC(=O)C4(F)CC4)c3)c2Nc2ccccc2)C1. The van der Waals surface area contributed by atoms with Gasteiger partial charge in [-0.25, -0.2) is 14.3 Å². The van der Waals surface area contributed by atoms with Crippen LogP contribution in [-0.2, 0) is 11.3 Å². The molecule has 0 saturated heterocycles. The summed E-state index contributed by atoms with van der Waals surface area (Å²) in [5.74, 6) is -0.596. The van der Waals surface area contributed by atoms with Crippen molar-refractivity contribution in [2.75, 3.05) is 17.2 Å². The Balaban J connectivity index is 1.54. The molecule has 0 unspecified atom stereocenters. The van der Waals surface area contributed by atoms with Crippen LogP contribution in [0.1, 0.15) is 49.7 Å². The predicted molar refractivity (Wildman–Crippen MR) is 147 cm³/mol. The third-order valence-electron chi connectivity index (χ3n) is 6.19. The number of nitrogens with one attached hydrogen (secondary N) is 3. The summed E-state index contributed by atoms with van der Waals surface area (Å²) in [6, 6.07) is 12.9. The number of fused-ring (bicyclic) bond motifs is 1. The number of rotatable bonds is 5. The molecule has 1 saturated carbocycles. The number of halogens is 1. The van der Waals surface area contributed by atoms with E-state index < -0.39 is 11.6 Å². The molecule has 1 aliphatic heterocycles. The first-order valence-corrected chi connectivity index (χ1v) is 13.0. The van der Waals surface area contributed by atoms with Crippen molar-refractivity contribution in [3.05, 3.63) is 59.9 Å². The molecule has 0 atom stereocenters. The summed E-state index contributed by atoms with van der Waals surface area (Å²) in [7, 11) is 0. The second kappa shape index (κ2) is 9.51. The summed E-state index contributed by atoms with van der Waals surface area (Å²) in [5.41, 5.74) is 2.09. The molecule has 37 heavy (non-hydrogen) atoms. The summed E-state index contributed by atoms with van der Waals surface area (Å²) >= 11 is 0.731. The minimum atomic E-state index is -1.82. The van der Waals surface area contributed by atoms with Crippen LogP contribution < -0.4 is 10.6 Å². The highest BCUT2D eigenvalue weighted by atomic mass is 32.1. The van der Waals surface area contributed by atoms with Gasteiger partial charge in [-0.1, -0.05) is 39.0 Å². The molecule has 194 valence electrons. The van der Waals surface area contributed by atoms with E-state index in [4.69, 9.17) is 0 Å². The molecule has 3 heterocycles. The highest BCUT2D eigenvalue weighted by Gasteiger charge is 2.51. The van der Waals surface area contributed by atoms with Crippen molar-refractivity contribution in [3.63, 3.8) is 0 Å². The quantitative estimate of drug-likeness (QED) is 0.233. The standard InChI is InChI=1S/C27H30FN5O3S/c1-26(2,3)37-25(36)33-14-18-21(19(34)15-33)23(30-17-7-5-4-6-8-17)22(31-18)16-9-12-29-20(13-16)32-24(35)27(28)10-11-27/h4-9,12-13,30-31,36-37H,10-11,14-15H2,1-3H3,(H,29,32,35). The van der Waals surface area contributed by atoms with Crippen LogP contribution in [-0.4, -0.2) is 53.8 Å². The molecule has 1 amide bonds. The van der Waals surface area contributed by atoms with Gasteiger partial charge in [0, 0.05) is 34.4 Å². The molecule has 0 bridgehead atoms. The molecule has 10 heteroatoms. The monoisotopic (exact) mass is 523 g/mol. The first-order chi connectivity index (χ1) is 17.5. The predicted octanol–water partition coefficient (Wildman–Crippen LogP) is 5.17. The molecule has 5 rings (SSSR count). The van der Waals surface area contributed by atoms with Crippen molar-refractivity contribution >= 4 is 45.4 Å². The zero-order valence-corrected chi connectivity index (χ0v) is 21.8. The smallest absolute Gasteiger partial charge is 0.263 e. The van der Waals surface area contributed by atoms with E-state index >= 15 is 0 Å². The molecule has 1 aliphatic carbocycles. The van der Waals surface area contributed by atoms with Gasteiger partial charge in [-0.3, -0.25) is 9.59 Å². The Labute approximate surface area is 218 Å². The number of pyridine rings is 1. The van der Waals surface area contributed by atoms with Crippen LogP contribution in [0.5, 0.6) is 0 Å². The Morgan fingerprint density at radius 3 is 2.59 bits per heavy atom. The lowest BCUT2D eigenvalue weighted by Crippen LogP contribution is -2.39. The van der Waals surface area contributed by atoms with E-state index in [1.807, 2.05) is 51.1 Å². The second-order valence-electron chi connectivity index (χ2n) is 10.4. The fraction of sp³-hybridized carbons (Fsp3) is 0.333. The Hall–Kier alpha value is -3.34. The van der Waals surface area contributed by atoms with Gasteiger partial charge in [-0.2, -0.15) is 11.4 Å². The van der Waals surface area contributed by atoms with Gasteiger partial charge in [0.1, 0.15) is 11.0 Å². The van der Waals surface area contributed by atoms with Crippen molar-refractivity contribution in [2.45, 2.75) is 50.6 Å². The summed E-state index contributed by atoms with van der Waals surface area (Å²) in [5, 5.41) is 16.8. The van der Waals surface area contributed by atoms with Gasteiger partial charge in [0.05, 0.1) is 23.5 Å². The molecule has 2 aliphatic rings. The minimum absolute atomic E-state index is 0.0545. The van der Waals surface area contributed by atoms with Crippen molar-refractivity contribution in [1.29, 1.82) is 0 Å². The summed E-state index contributed by atoms with van der Waals surface area (Å²) in [4.78, 5) is 34.9. The molecular weight excluding hydrogens is 493 g/mol. The zero-order valence-electron chi connectivity index (χ0n) is 20.9. The lowest BCUT2D eigenvalue weighted by Gasteiger charge is -2.27. The van der Waals surface area contributed by atoms with Gasteiger partial charge in [-0.15, -0.1) is 0 Å². The number of carbonyl (C=O) groups excluding carboxylic acids is 2. The van der Waals surface area contributed by atoms with Crippen LogP contribution in [0.4, 0.5) is 21.6 Å². The van der Waals surface area contributed by atoms with E-state index in [9.17, 15) is 19.1 Å². The van der Waals surface area contributed by atoms with Crippen LogP contribution in [0.2, 0.25) is 0 Å². The third-order valence-corrected chi connectivity index (χ3v) is 7.34. The number of aromatic nitrogens is 2. The number of H-pyrrole nitrogens is 1. The number of carbonyl (C=O) groups is 2. The van der Waals surface area contributed by atoms with Crippen LogP contribution in [0, 0.1) is 0 Å². The summed E-state index contributed by atoms with van der Waals surface area (Å²) in [6.45, 7) is 6.44. The Bertz CT molecular complexity index is 1390. The molecule has 1 aromatic carbocycles. The number of aliphatic hydroxyl groups is 1. The highest BCUT2D eigenvalue weighted by Crippen LogP contribution is 2.41. The first kappa shape index (κ1) is 25.3. The van der Waals surface area contributed by atoms with Crippen LogP contribution in [0.15, 0.2) is 48.7 Å². The minimum Gasteiger partial charge on any atom is -0.355 e. The van der Waals surface area contributed by atoms with Gasteiger partial charge in [0.25, 0.3) is 5.91 Å². The van der Waals surface area contributed by atoms with Crippen molar-refractivity contribution < 1.29 is 19.1 Å². The molecular formula is C27H30FN5O3S. The average Bonchev–Trinajstić information content (AvgIpc) is 3.49. The number of aliphatic hydroxyl groups excluding tert-OH is 1. The van der Waals surface area contributed by atoms with Gasteiger partial charge < -0.3 is 20.7 Å². The number of hydrogen-bond donors (Lipinski definition) is 5. The summed E-state index contributed by atoms with van der Waals surface area (Å²) < 4.78 is 14.0. The van der Waals surface area contributed by atoms with Crippen LogP contribution in [0.25, 0.3) is 11.3 Å². The lowest BCUT2D eigenvalue weighted by atomic mass is 10.0. The van der Waals surface area contributed by atoms with E-state index in [1.54, 1.807) is 17.0 Å². The maximum Gasteiger partial charge on any atom is 0.263 e. The van der Waals surface area contributed by atoms with Crippen molar-refractivity contribution in [3.8, 4) is 11.3 Å². The Morgan fingerprint density at radius 1 is 1.19 bits per heavy atom. The number of anilines is 3. The number of ketones is 1. The Morgan fingerprint density at radius 2 is 1.92 bits per heavy atom. The van der Waals surface area contributed by atoms with E-state index in [0.29, 0.717) is 34.7 Å². The van der Waals surface area contributed by atoms with Crippen molar-refractivity contribution in [1.82, 2.24) is 14.9 Å². The van der Waals surface area contributed by atoms with E-state index in [-0.39, 0.29) is 40.9 Å². The maximum absolute atomic E-state index is 14.2. The molecule has 4 N–H and O–H groups in total. The number of alkyl halides is 1. The Kier molecular flexibility index (Phi) is 6.51. The van der Waals surface area contributed by atoms with Crippen LogP contribution in [0.3, 0.4) is 0 Å². The zero-order chi connectivity index (χ0) is 26.4. The number of amides is 1. The van der Waals surface area contributed by atoms with E-state index in [2.05, 4.69) is 20.6 Å². The van der Waals surface area contributed by atoms with Gasteiger partial charge in [-0.05, 0) is 37.1 Å². The van der Waals surface area contributed by atoms with Gasteiger partial charge >= 0.3 is 0 Å². The fourth-order valence-corrected chi connectivity index (χ4v) is 5.10. The molecule has 1 fully saturated rings. The van der Waals surface area contributed by atoms with E-state index in [0.717, 1.165) is 17.0 Å². The summed E-state index contributed by atoms with van der Waals surface area (Å²) in [6.07, 6.45) is 1.96. The third kappa shape index (κ3) is 5.51. The number of aromatic amines is 1. The van der Waals surface area contributed by atoms with Gasteiger partial charge in [0.15, 0.2) is 11.5 Å². The molecule has 0 spiro atoms. The largest absolute Gasteiger partial charge is 0.355 e. The average molecular weight is 524 g/mol. The first-order valence-electron chi connectivity index (χ1n) is 12.1. The van der Waals surface area contributed by atoms with Crippen LogP contribution >= 0.6 is 11.4 Å². The molecule has 2 aromatic heterocycles. The lowest BCUT2D eigenvalue weighted by molar-refractivity contribution is -0.122. The highest BCUT2D eigenvalue weighted by molar-refractivity contribution is 7.99. The maximum atomic E-state index is 14.2. The van der Waals surface area contributed by atoms with E-state index in [1.165, 1.54) is 6.20 Å². The molecule has 0 radical (unpaired) electrons. The number of hydrogen-bond acceptors (Lipinski definition) is 4. The topological polar surface area (TPSA) is 110 Å². The number of nitrogens with zero attached hydrogens (tertiary/aromatic N) is 2. The van der Waals surface area contributed by atoms with Gasteiger partial charge in [0.2, 0.25) is 0 Å². The second-order valence-corrected chi connectivity index (χ2v) is 12.4. The molecule has 3 aromatic rings. The van der Waals surface area contributed by atoms with Crippen molar-refractivity contribution in [2.24, 2.45) is 0 Å². The molecule has 8 nitrogen and oxygen atoms in total. The number of thiol groups is 1. The fourth-order valence-electron chi connectivity index (χ4n) is 4.22. The normalized spacial score (nSPS) is 17.5. The number of para-hydroxylation sites is 1. The number of Topliss-reactive ketones (excluding diaryl/α,β-unsaturated/α-hetero) is 1. The number of benzene rings is 1.